The number of amides is 1. The number of furan rings is 1. The van der Waals surface area contributed by atoms with Gasteiger partial charge in [0.2, 0.25) is 5.91 Å². The molecule has 19 heavy (non-hydrogen) atoms. The highest BCUT2D eigenvalue weighted by Gasteiger charge is 2.25. The minimum absolute atomic E-state index is 0.0345. The molecule has 1 saturated heterocycles. The van der Waals surface area contributed by atoms with Crippen LogP contribution < -0.4 is 5.32 Å². The Morgan fingerprint density at radius 2 is 2.47 bits per heavy atom. The predicted molar refractivity (Wildman–Crippen MR) is 71.5 cm³/mol. The van der Waals surface area contributed by atoms with Gasteiger partial charge in [-0.15, -0.1) is 0 Å². The SMILES string of the molecule is O=C(CN1CCCC1CCCO)NCc1ccco1. The number of aliphatic hydroxyl groups excluding tert-OH is 1. The van der Waals surface area contributed by atoms with Crippen LogP contribution in [0.25, 0.3) is 0 Å². The monoisotopic (exact) mass is 266 g/mol. The Morgan fingerprint density at radius 1 is 1.58 bits per heavy atom. The quantitative estimate of drug-likeness (QED) is 0.776. The van der Waals surface area contributed by atoms with Crippen LogP contribution in [0.1, 0.15) is 31.4 Å². The van der Waals surface area contributed by atoms with Gasteiger partial charge in [0.05, 0.1) is 19.4 Å². The summed E-state index contributed by atoms with van der Waals surface area (Å²) < 4.78 is 5.17. The molecule has 1 aromatic rings. The van der Waals surface area contributed by atoms with Gasteiger partial charge in [-0.1, -0.05) is 0 Å². The molecule has 2 heterocycles. The smallest absolute Gasteiger partial charge is 0.234 e. The number of nitrogens with one attached hydrogen (secondary N) is 1. The second-order valence-electron chi connectivity index (χ2n) is 4.99. The largest absolute Gasteiger partial charge is 0.467 e. The predicted octanol–water partition coefficient (Wildman–Crippen LogP) is 1.13. The first kappa shape index (κ1) is 14.1. The van der Waals surface area contributed by atoms with Crippen molar-refractivity contribution in [3.05, 3.63) is 24.2 Å². The molecule has 2 rings (SSSR count). The number of nitrogens with zero attached hydrogens (tertiary/aromatic N) is 1. The zero-order valence-electron chi connectivity index (χ0n) is 11.2. The molecule has 0 spiro atoms. The summed E-state index contributed by atoms with van der Waals surface area (Å²) in [6.45, 7) is 2.09. The summed E-state index contributed by atoms with van der Waals surface area (Å²) in [7, 11) is 0. The van der Waals surface area contributed by atoms with E-state index in [-0.39, 0.29) is 12.5 Å². The molecule has 1 unspecified atom stereocenters. The Hall–Kier alpha value is -1.33. The van der Waals surface area contributed by atoms with Gasteiger partial charge in [-0.3, -0.25) is 9.69 Å². The summed E-state index contributed by atoms with van der Waals surface area (Å²) in [6.07, 6.45) is 5.66. The van der Waals surface area contributed by atoms with E-state index in [1.54, 1.807) is 6.26 Å². The van der Waals surface area contributed by atoms with Crippen LogP contribution in [0.2, 0.25) is 0 Å². The maximum Gasteiger partial charge on any atom is 0.234 e. The highest BCUT2D eigenvalue weighted by atomic mass is 16.3. The summed E-state index contributed by atoms with van der Waals surface area (Å²) in [6, 6.07) is 4.11. The average Bonchev–Trinajstić information content (AvgIpc) is 3.05. The Morgan fingerprint density at radius 3 is 3.21 bits per heavy atom. The standard InChI is InChI=1S/C14H22N2O3/c17-8-2-5-12-4-1-7-16(12)11-14(18)15-10-13-6-3-9-19-13/h3,6,9,12,17H,1-2,4-5,7-8,10-11H2,(H,15,18). The van der Waals surface area contributed by atoms with Crippen LogP contribution in [0.4, 0.5) is 0 Å². The third kappa shape index (κ3) is 4.36. The van der Waals surface area contributed by atoms with E-state index in [1.807, 2.05) is 12.1 Å². The van der Waals surface area contributed by atoms with Crippen LogP contribution in [-0.4, -0.2) is 41.7 Å². The van der Waals surface area contributed by atoms with E-state index >= 15 is 0 Å². The van der Waals surface area contributed by atoms with E-state index in [1.165, 1.54) is 0 Å². The van der Waals surface area contributed by atoms with Gasteiger partial charge in [-0.05, 0) is 44.4 Å². The fraction of sp³-hybridized carbons (Fsp3) is 0.643. The summed E-state index contributed by atoms with van der Waals surface area (Å²) in [4.78, 5) is 14.1. The lowest BCUT2D eigenvalue weighted by atomic mass is 10.1. The number of aliphatic hydroxyl groups is 1. The highest BCUT2D eigenvalue weighted by molar-refractivity contribution is 5.78. The molecule has 5 nitrogen and oxygen atoms in total. The Balaban J connectivity index is 1.71. The Labute approximate surface area is 113 Å². The molecule has 1 aliphatic rings. The lowest BCUT2D eigenvalue weighted by Gasteiger charge is -2.23. The van der Waals surface area contributed by atoms with Crippen molar-refractivity contribution in [1.82, 2.24) is 10.2 Å². The number of hydrogen-bond donors (Lipinski definition) is 2. The molecule has 0 saturated carbocycles. The summed E-state index contributed by atoms with van der Waals surface area (Å²) >= 11 is 0. The molecule has 0 aromatic carbocycles. The fourth-order valence-electron chi connectivity index (χ4n) is 2.60. The minimum Gasteiger partial charge on any atom is -0.467 e. The van der Waals surface area contributed by atoms with Crippen molar-refractivity contribution >= 4 is 5.91 Å². The van der Waals surface area contributed by atoms with E-state index in [4.69, 9.17) is 9.52 Å². The molecule has 1 amide bonds. The van der Waals surface area contributed by atoms with E-state index in [2.05, 4.69) is 10.2 Å². The van der Waals surface area contributed by atoms with Gasteiger partial charge in [0.15, 0.2) is 0 Å². The van der Waals surface area contributed by atoms with Crippen molar-refractivity contribution in [3.8, 4) is 0 Å². The molecule has 0 radical (unpaired) electrons. The molecule has 1 aliphatic heterocycles. The van der Waals surface area contributed by atoms with Gasteiger partial charge in [-0.25, -0.2) is 0 Å². The second kappa shape index (κ2) is 7.31. The maximum absolute atomic E-state index is 11.9. The second-order valence-corrected chi connectivity index (χ2v) is 4.99. The van der Waals surface area contributed by atoms with Crippen molar-refractivity contribution in [3.63, 3.8) is 0 Å². The highest BCUT2D eigenvalue weighted by Crippen LogP contribution is 2.20. The van der Waals surface area contributed by atoms with E-state index in [9.17, 15) is 4.79 Å². The van der Waals surface area contributed by atoms with Crippen molar-refractivity contribution in [2.24, 2.45) is 0 Å². The molecular formula is C14H22N2O3. The summed E-state index contributed by atoms with van der Waals surface area (Å²) in [5.41, 5.74) is 0. The van der Waals surface area contributed by atoms with Crippen LogP contribution in [-0.2, 0) is 11.3 Å². The molecule has 0 aliphatic carbocycles. The van der Waals surface area contributed by atoms with Crippen molar-refractivity contribution in [1.29, 1.82) is 0 Å². The van der Waals surface area contributed by atoms with E-state index < -0.39 is 0 Å². The van der Waals surface area contributed by atoms with Gasteiger partial charge in [0.1, 0.15) is 5.76 Å². The first-order valence-corrected chi connectivity index (χ1v) is 6.93. The lowest BCUT2D eigenvalue weighted by molar-refractivity contribution is -0.122. The van der Waals surface area contributed by atoms with Crippen LogP contribution >= 0.6 is 0 Å². The van der Waals surface area contributed by atoms with Gasteiger partial charge < -0.3 is 14.8 Å². The van der Waals surface area contributed by atoms with Gasteiger partial charge >= 0.3 is 0 Å². The number of carbonyl (C=O) groups excluding carboxylic acids is 1. The van der Waals surface area contributed by atoms with Gasteiger partial charge in [0.25, 0.3) is 0 Å². The van der Waals surface area contributed by atoms with Crippen molar-refractivity contribution in [2.75, 3.05) is 19.7 Å². The summed E-state index contributed by atoms with van der Waals surface area (Å²) in [5, 5.41) is 11.7. The Kier molecular flexibility index (Phi) is 5.42. The van der Waals surface area contributed by atoms with Crippen LogP contribution in [0, 0.1) is 0 Å². The van der Waals surface area contributed by atoms with Crippen molar-refractivity contribution < 1.29 is 14.3 Å². The third-order valence-electron chi connectivity index (χ3n) is 3.58. The number of hydrogen-bond acceptors (Lipinski definition) is 4. The molecule has 1 atom stereocenters. The zero-order chi connectivity index (χ0) is 13.5. The van der Waals surface area contributed by atoms with Gasteiger partial charge in [-0.2, -0.15) is 0 Å². The number of likely N-dealkylation sites (tertiary alicyclic amines) is 1. The summed E-state index contributed by atoms with van der Waals surface area (Å²) in [5.74, 6) is 0.805. The fourth-order valence-corrected chi connectivity index (χ4v) is 2.60. The molecule has 1 fully saturated rings. The maximum atomic E-state index is 11.9. The normalized spacial score (nSPS) is 19.7. The first-order chi connectivity index (χ1) is 9.29. The molecule has 2 N–H and O–H groups in total. The zero-order valence-corrected chi connectivity index (χ0v) is 11.2. The lowest BCUT2D eigenvalue weighted by Crippen LogP contribution is -2.39. The first-order valence-electron chi connectivity index (χ1n) is 6.93. The average molecular weight is 266 g/mol. The molecular weight excluding hydrogens is 244 g/mol. The van der Waals surface area contributed by atoms with Gasteiger partial charge in [0, 0.05) is 12.6 Å². The molecule has 5 heteroatoms. The minimum atomic E-state index is 0.0345. The number of carbonyl (C=O) groups is 1. The van der Waals surface area contributed by atoms with E-state index in [0.29, 0.717) is 19.1 Å². The topological polar surface area (TPSA) is 65.7 Å². The van der Waals surface area contributed by atoms with Crippen LogP contribution in [0.15, 0.2) is 22.8 Å². The third-order valence-corrected chi connectivity index (χ3v) is 3.58. The Bertz CT molecular complexity index is 378. The number of rotatable bonds is 7. The van der Waals surface area contributed by atoms with Crippen molar-refractivity contribution in [2.45, 2.75) is 38.3 Å². The van der Waals surface area contributed by atoms with Crippen LogP contribution in [0.3, 0.4) is 0 Å². The van der Waals surface area contributed by atoms with E-state index in [0.717, 1.165) is 38.0 Å². The van der Waals surface area contributed by atoms with Crippen LogP contribution in [0.5, 0.6) is 0 Å². The molecule has 0 bridgehead atoms. The molecule has 1 aromatic heterocycles. The molecule has 106 valence electrons.